The molecule has 0 saturated carbocycles. The van der Waals surface area contributed by atoms with E-state index >= 15 is 0 Å². The summed E-state index contributed by atoms with van der Waals surface area (Å²) in [6.45, 7) is 5.98. The van der Waals surface area contributed by atoms with Crippen molar-refractivity contribution in [1.82, 2.24) is 4.72 Å². The van der Waals surface area contributed by atoms with Crippen LogP contribution < -0.4 is 4.72 Å². The van der Waals surface area contributed by atoms with E-state index in [1.165, 1.54) is 0 Å². The van der Waals surface area contributed by atoms with Crippen molar-refractivity contribution in [1.29, 1.82) is 0 Å². The predicted molar refractivity (Wildman–Crippen MR) is 79.8 cm³/mol. The van der Waals surface area contributed by atoms with Crippen molar-refractivity contribution in [2.75, 3.05) is 13.2 Å². The van der Waals surface area contributed by atoms with Gasteiger partial charge in [0.1, 0.15) is 6.61 Å². The molecule has 1 rings (SSSR count). The third-order valence-corrected chi connectivity index (χ3v) is 4.53. The van der Waals surface area contributed by atoms with Crippen LogP contribution in [0.3, 0.4) is 0 Å². The minimum atomic E-state index is -3.58. The maximum atomic E-state index is 12.3. The number of aliphatic hydroxyl groups excluding tert-OH is 1. The first-order valence-electron chi connectivity index (χ1n) is 6.60. The van der Waals surface area contributed by atoms with E-state index in [4.69, 9.17) is 5.11 Å². The van der Waals surface area contributed by atoms with Gasteiger partial charge in [-0.2, -0.15) is 0 Å². The summed E-state index contributed by atoms with van der Waals surface area (Å²) >= 11 is 0. The number of aryl methyl sites for hydroxylation is 1. The van der Waals surface area contributed by atoms with E-state index in [-0.39, 0.29) is 17.4 Å². The second kappa shape index (κ2) is 7.44. The lowest BCUT2D eigenvalue weighted by Crippen LogP contribution is -2.28. The largest absolute Gasteiger partial charge is 0.384 e. The zero-order valence-corrected chi connectivity index (χ0v) is 12.9. The van der Waals surface area contributed by atoms with E-state index in [2.05, 4.69) is 16.6 Å². The van der Waals surface area contributed by atoms with Gasteiger partial charge < -0.3 is 5.11 Å². The highest BCUT2D eigenvalue weighted by molar-refractivity contribution is 7.89. The lowest BCUT2D eigenvalue weighted by molar-refractivity contribution is 0.350. The summed E-state index contributed by atoms with van der Waals surface area (Å²) in [5.74, 6) is 5.47. The lowest BCUT2D eigenvalue weighted by Gasteiger charge is -2.12. The average molecular weight is 295 g/mol. The molecule has 1 aromatic carbocycles. The van der Waals surface area contributed by atoms with Crippen LogP contribution in [0.15, 0.2) is 23.1 Å². The standard InChI is InChI=1S/C15H21NO3S/c1-4-12(2)11-16-20(18,19)15-8-7-13(3)10-14(15)6-5-9-17/h7-8,10,12,16-17H,4,9,11H2,1-3H3. The molecular formula is C15H21NO3S. The maximum absolute atomic E-state index is 12.3. The van der Waals surface area contributed by atoms with Crippen molar-refractivity contribution in [2.24, 2.45) is 5.92 Å². The molecule has 0 amide bonds. The van der Waals surface area contributed by atoms with E-state index in [0.717, 1.165) is 12.0 Å². The smallest absolute Gasteiger partial charge is 0.241 e. The van der Waals surface area contributed by atoms with Crippen molar-refractivity contribution in [3.63, 3.8) is 0 Å². The van der Waals surface area contributed by atoms with Crippen LogP contribution in [0.1, 0.15) is 31.4 Å². The molecule has 1 aromatic rings. The summed E-state index contributed by atoms with van der Waals surface area (Å²) in [7, 11) is -3.58. The predicted octanol–water partition coefficient (Wildman–Crippen LogP) is 1.66. The summed E-state index contributed by atoms with van der Waals surface area (Å²) in [4.78, 5) is 0.160. The van der Waals surface area contributed by atoms with Crippen molar-refractivity contribution in [3.8, 4) is 11.8 Å². The number of hydrogen-bond donors (Lipinski definition) is 2. The Morgan fingerprint density at radius 3 is 2.70 bits per heavy atom. The number of nitrogens with one attached hydrogen (secondary N) is 1. The molecule has 110 valence electrons. The van der Waals surface area contributed by atoms with Gasteiger partial charge in [0.05, 0.1) is 4.90 Å². The highest BCUT2D eigenvalue weighted by atomic mass is 32.2. The molecule has 1 unspecified atom stereocenters. The molecule has 0 saturated heterocycles. The highest BCUT2D eigenvalue weighted by Gasteiger charge is 2.18. The molecule has 0 aliphatic heterocycles. The number of aliphatic hydroxyl groups is 1. The molecule has 0 aromatic heterocycles. The summed E-state index contributed by atoms with van der Waals surface area (Å²) in [5.41, 5.74) is 1.34. The first-order valence-corrected chi connectivity index (χ1v) is 8.09. The molecule has 5 heteroatoms. The summed E-state index contributed by atoms with van der Waals surface area (Å²) in [6.07, 6.45) is 0.910. The van der Waals surface area contributed by atoms with Crippen LogP contribution in [0, 0.1) is 24.7 Å². The Morgan fingerprint density at radius 1 is 1.40 bits per heavy atom. The summed E-state index contributed by atoms with van der Waals surface area (Å²) in [5, 5.41) is 8.76. The van der Waals surface area contributed by atoms with E-state index in [1.54, 1.807) is 18.2 Å². The van der Waals surface area contributed by atoms with E-state index in [1.807, 2.05) is 20.8 Å². The van der Waals surface area contributed by atoms with Crippen molar-refractivity contribution >= 4 is 10.0 Å². The first-order chi connectivity index (χ1) is 9.40. The van der Waals surface area contributed by atoms with Crippen LogP contribution in [0.5, 0.6) is 0 Å². The summed E-state index contributed by atoms with van der Waals surface area (Å²) < 4.78 is 27.2. The number of sulfonamides is 1. The zero-order chi connectivity index (χ0) is 15.2. The van der Waals surface area contributed by atoms with Gasteiger partial charge in [-0.25, -0.2) is 13.1 Å². The third-order valence-electron chi connectivity index (χ3n) is 3.05. The molecule has 20 heavy (non-hydrogen) atoms. The monoisotopic (exact) mass is 295 g/mol. The molecule has 0 aliphatic carbocycles. The van der Waals surface area contributed by atoms with Crippen LogP contribution in [-0.4, -0.2) is 26.7 Å². The average Bonchev–Trinajstić information content (AvgIpc) is 2.42. The van der Waals surface area contributed by atoms with E-state index in [9.17, 15) is 8.42 Å². The molecule has 0 radical (unpaired) electrons. The number of rotatable bonds is 5. The van der Waals surface area contributed by atoms with Gasteiger partial charge in [0.2, 0.25) is 10.0 Å². The molecule has 0 heterocycles. The molecule has 0 bridgehead atoms. The van der Waals surface area contributed by atoms with Crippen LogP contribution >= 0.6 is 0 Å². The minimum Gasteiger partial charge on any atom is -0.384 e. The maximum Gasteiger partial charge on any atom is 0.241 e. The Kier molecular flexibility index (Phi) is 6.21. The fourth-order valence-corrected chi connectivity index (χ4v) is 2.89. The van der Waals surface area contributed by atoms with Gasteiger partial charge in [0, 0.05) is 12.1 Å². The van der Waals surface area contributed by atoms with Crippen LogP contribution in [0.25, 0.3) is 0 Å². The molecule has 4 nitrogen and oxygen atoms in total. The van der Waals surface area contributed by atoms with Gasteiger partial charge in [-0.1, -0.05) is 38.2 Å². The van der Waals surface area contributed by atoms with Crippen LogP contribution in [-0.2, 0) is 10.0 Å². The highest BCUT2D eigenvalue weighted by Crippen LogP contribution is 2.17. The van der Waals surface area contributed by atoms with Crippen LogP contribution in [0.4, 0.5) is 0 Å². The molecule has 1 atom stereocenters. The molecule has 0 spiro atoms. The van der Waals surface area contributed by atoms with Crippen molar-refractivity contribution < 1.29 is 13.5 Å². The Bertz CT molecular complexity index is 612. The van der Waals surface area contributed by atoms with Crippen molar-refractivity contribution in [2.45, 2.75) is 32.1 Å². The van der Waals surface area contributed by atoms with Gasteiger partial charge >= 0.3 is 0 Å². The normalized spacial score (nSPS) is 12.6. The minimum absolute atomic E-state index is 0.160. The van der Waals surface area contributed by atoms with Crippen molar-refractivity contribution in [3.05, 3.63) is 29.3 Å². The Labute approximate surface area is 121 Å². The third kappa shape index (κ3) is 4.64. The van der Waals surface area contributed by atoms with Gasteiger partial charge in [-0.3, -0.25) is 0 Å². The number of hydrogen-bond acceptors (Lipinski definition) is 3. The Hall–Kier alpha value is -1.35. The fourth-order valence-electron chi connectivity index (χ4n) is 1.58. The van der Waals surface area contributed by atoms with Gasteiger partial charge in [0.25, 0.3) is 0 Å². The van der Waals surface area contributed by atoms with Gasteiger partial charge in [-0.15, -0.1) is 0 Å². The second-order valence-corrected chi connectivity index (χ2v) is 6.56. The molecule has 2 N–H and O–H groups in total. The number of benzene rings is 1. The quantitative estimate of drug-likeness (QED) is 0.812. The van der Waals surface area contributed by atoms with E-state index in [0.29, 0.717) is 12.1 Å². The summed E-state index contributed by atoms with van der Waals surface area (Å²) in [6, 6.07) is 5.00. The first kappa shape index (κ1) is 16.7. The Balaban J connectivity index is 3.11. The van der Waals surface area contributed by atoms with E-state index < -0.39 is 10.0 Å². The molecule has 0 aliphatic rings. The Morgan fingerprint density at radius 2 is 2.10 bits per heavy atom. The molecule has 0 fully saturated rings. The second-order valence-electron chi connectivity index (χ2n) is 4.82. The lowest BCUT2D eigenvalue weighted by atomic mass is 10.1. The fraction of sp³-hybridized carbons (Fsp3) is 0.467. The molecular weight excluding hydrogens is 274 g/mol. The SMILES string of the molecule is CCC(C)CNS(=O)(=O)c1ccc(C)cc1C#CCO. The van der Waals surface area contributed by atoms with Gasteiger partial charge in [-0.05, 0) is 30.5 Å². The van der Waals surface area contributed by atoms with Gasteiger partial charge in [0.15, 0.2) is 0 Å². The zero-order valence-electron chi connectivity index (χ0n) is 12.1. The topological polar surface area (TPSA) is 66.4 Å². The van der Waals surface area contributed by atoms with Crippen LogP contribution in [0.2, 0.25) is 0 Å².